The number of nitrogens with zero attached hydrogens (tertiary/aromatic N) is 6. The number of rotatable bonds is 16. The monoisotopic (exact) mass is 732 g/mol. The maximum atomic E-state index is 9.37. The maximum absolute atomic E-state index is 9.37. The first kappa shape index (κ1) is 37.9. The van der Waals surface area contributed by atoms with Gasteiger partial charge in [-0.05, 0) is 112 Å². The molecule has 0 radical (unpaired) electrons. The number of halogens is 1. The number of hydrogen-bond acceptors (Lipinski definition) is 8. The molecule has 0 bridgehead atoms. The molecule has 6 rings (SSSR count). The van der Waals surface area contributed by atoms with Crippen molar-refractivity contribution >= 4 is 11.6 Å². The van der Waals surface area contributed by atoms with Crippen molar-refractivity contribution in [2.24, 2.45) is 7.05 Å². The Morgan fingerprint density at radius 1 is 0.830 bits per heavy atom. The van der Waals surface area contributed by atoms with E-state index in [0.29, 0.717) is 48.4 Å². The summed E-state index contributed by atoms with van der Waals surface area (Å²) < 4.78 is 21.0. The van der Waals surface area contributed by atoms with Crippen LogP contribution in [0.5, 0.6) is 17.2 Å². The number of pyridine rings is 1. The van der Waals surface area contributed by atoms with Gasteiger partial charge in [0.15, 0.2) is 0 Å². The highest BCUT2D eigenvalue weighted by molar-refractivity contribution is 6.32. The van der Waals surface area contributed by atoms with Crippen LogP contribution in [-0.4, -0.2) is 57.9 Å². The van der Waals surface area contributed by atoms with Crippen molar-refractivity contribution in [2.45, 2.75) is 66.3 Å². The highest BCUT2D eigenvalue weighted by Crippen LogP contribution is 2.37. The number of likely N-dealkylation sites (tertiary alicyclic amines) is 1. The van der Waals surface area contributed by atoms with Crippen LogP contribution in [0.4, 0.5) is 0 Å². The van der Waals surface area contributed by atoms with E-state index in [1.165, 1.54) is 32.1 Å². The van der Waals surface area contributed by atoms with Crippen molar-refractivity contribution in [2.75, 3.05) is 33.3 Å². The summed E-state index contributed by atoms with van der Waals surface area (Å²) in [5.74, 6) is 2.11. The van der Waals surface area contributed by atoms with Crippen LogP contribution in [0.15, 0.2) is 73.1 Å². The Hall–Kier alpha value is -4.88. The lowest BCUT2D eigenvalue weighted by atomic mass is 9.93. The van der Waals surface area contributed by atoms with Gasteiger partial charge in [-0.25, -0.2) is 0 Å². The van der Waals surface area contributed by atoms with Gasteiger partial charge in [0.05, 0.1) is 22.9 Å². The number of hydrogen-bond donors (Lipinski definition) is 0. The van der Waals surface area contributed by atoms with Gasteiger partial charge in [0.25, 0.3) is 0 Å². The number of aromatic nitrogens is 3. The molecule has 0 atom stereocenters. The quantitative estimate of drug-likeness (QED) is 0.0933. The lowest BCUT2D eigenvalue weighted by Gasteiger charge is -2.20. The number of nitriles is 1. The zero-order valence-electron chi connectivity index (χ0n) is 31.5. The first-order valence-corrected chi connectivity index (χ1v) is 18.7. The Balaban J connectivity index is 1.18. The van der Waals surface area contributed by atoms with Crippen LogP contribution in [0.1, 0.15) is 64.0 Å². The molecule has 9 nitrogen and oxygen atoms in total. The fourth-order valence-corrected chi connectivity index (χ4v) is 7.14. The van der Waals surface area contributed by atoms with Gasteiger partial charge in [0.1, 0.15) is 36.5 Å². The molecular formula is C43H49ClN6O3. The van der Waals surface area contributed by atoms with E-state index in [0.717, 1.165) is 69.0 Å². The van der Waals surface area contributed by atoms with Gasteiger partial charge in [-0.2, -0.15) is 10.4 Å². The molecule has 3 aromatic carbocycles. The van der Waals surface area contributed by atoms with Gasteiger partial charge in [-0.3, -0.25) is 14.6 Å². The molecule has 1 aliphatic rings. The second-order valence-corrected chi connectivity index (χ2v) is 14.4. The van der Waals surface area contributed by atoms with Crippen molar-refractivity contribution in [3.05, 3.63) is 123 Å². The van der Waals surface area contributed by atoms with Crippen LogP contribution in [0.2, 0.25) is 5.02 Å². The molecule has 1 aliphatic heterocycles. The molecule has 1 fully saturated rings. The highest BCUT2D eigenvalue weighted by atomic mass is 35.5. The average Bonchev–Trinajstić information content (AvgIpc) is 3.78. The Bertz CT molecular complexity index is 2050. The molecule has 0 N–H and O–H groups in total. The van der Waals surface area contributed by atoms with Crippen molar-refractivity contribution in [3.63, 3.8) is 0 Å². The first-order valence-electron chi connectivity index (χ1n) is 18.3. The van der Waals surface area contributed by atoms with Crippen LogP contribution in [0, 0.1) is 32.1 Å². The van der Waals surface area contributed by atoms with Crippen molar-refractivity contribution in [3.8, 4) is 34.4 Å². The van der Waals surface area contributed by atoms with Crippen LogP contribution in [0.3, 0.4) is 0 Å². The predicted octanol–water partition coefficient (Wildman–Crippen LogP) is 8.59. The average molecular weight is 733 g/mol. The second kappa shape index (κ2) is 17.8. The van der Waals surface area contributed by atoms with Gasteiger partial charge in [-0.15, -0.1) is 0 Å². The van der Waals surface area contributed by atoms with E-state index in [9.17, 15) is 5.26 Å². The number of aryl methyl sites for hydroxylation is 2. The normalized spacial score (nSPS) is 13.0. The van der Waals surface area contributed by atoms with Gasteiger partial charge in [-0.1, -0.05) is 41.9 Å². The summed E-state index contributed by atoms with van der Waals surface area (Å²) in [5.41, 5.74) is 9.92. The van der Waals surface area contributed by atoms with Crippen LogP contribution >= 0.6 is 11.6 Å². The summed E-state index contributed by atoms with van der Waals surface area (Å²) in [7, 11) is 3.99. The second-order valence-electron chi connectivity index (χ2n) is 14.0. The lowest BCUT2D eigenvalue weighted by molar-refractivity contribution is 0.262. The summed E-state index contributed by atoms with van der Waals surface area (Å²) >= 11 is 6.91. The topological polar surface area (TPSA) is 88.7 Å². The molecule has 10 heteroatoms. The van der Waals surface area contributed by atoms with E-state index < -0.39 is 0 Å². The molecular weight excluding hydrogens is 684 g/mol. The third-order valence-corrected chi connectivity index (χ3v) is 10.2. The minimum absolute atomic E-state index is 0.238. The number of ether oxygens (including phenoxy) is 3. The Labute approximate surface area is 318 Å². The van der Waals surface area contributed by atoms with Crippen molar-refractivity contribution in [1.82, 2.24) is 24.6 Å². The van der Waals surface area contributed by atoms with Gasteiger partial charge >= 0.3 is 0 Å². The molecule has 0 spiro atoms. The number of benzene rings is 3. The summed E-state index contributed by atoms with van der Waals surface area (Å²) in [5, 5.41) is 14.5. The van der Waals surface area contributed by atoms with E-state index in [4.69, 9.17) is 25.8 Å². The van der Waals surface area contributed by atoms with E-state index in [-0.39, 0.29) is 6.61 Å². The summed E-state index contributed by atoms with van der Waals surface area (Å²) in [6.45, 7) is 12.3. The summed E-state index contributed by atoms with van der Waals surface area (Å²) in [6.07, 6.45) is 6.89. The molecule has 0 amide bonds. The largest absolute Gasteiger partial charge is 0.493 e. The third kappa shape index (κ3) is 9.76. The fourth-order valence-electron chi connectivity index (χ4n) is 6.89. The zero-order chi connectivity index (χ0) is 37.3. The zero-order valence-corrected chi connectivity index (χ0v) is 32.2. The van der Waals surface area contributed by atoms with Crippen molar-refractivity contribution < 1.29 is 14.2 Å². The molecule has 1 saturated heterocycles. The Morgan fingerprint density at radius 2 is 1.58 bits per heavy atom. The van der Waals surface area contributed by atoms with Gasteiger partial charge < -0.3 is 19.1 Å². The predicted molar refractivity (Wildman–Crippen MR) is 209 cm³/mol. The first-order chi connectivity index (χ1) is 25.7. The van der Waals surface area contributed by atoms with E-state index in [1.54, 1.807) is 12.3 Å². The Morgan fingerprint density at radius 3 is 2.34 bits per heavy atom. The lowest BCUT2D eigenvalue weighted by Crippen LogP contribution is -2.22. The van der Waals surface area contributed by atoms with E-state index >= 15 is 0 Å². The third-order valence-electron chi connectivity index (χ3n) is 9.95. The molecule has 53 heavy (non-hydrogen) atoms. The molecule has 0 unspecified atom stereocenters. The maximum Gasteiger partial charge on any atom is 0.142 e. The molecule has 0 aliphatic carbocycles. The summed E-state index contributed by atoms with van der Waals surface area (Å²) in [6, 6.07) is 22.4. The highest BCUT2D eigenvalue weighted by Gasteiger charge is 2.17. The Kier molecular flexibility index (Phi) is 12.7. The van der Waals surface area contributed by atoms with Crippen molar-refractivity contribution in [1.29, 1.82) is 5.26 Å². The standard InChI is InChI=1S/C43H49ClN6O3/c1-30-19-37(47-49(30)5)27-48(4)26-36-21-40(44)43(22-42(36)52-28-34-20-33(23-45)24-46-25-34)53-29-35-11-8-12-38(31(35)2)39-13-9-14-41(32(39)3)51-18-10-17-50-15-6-7-16-50/h8-9,11-14,19-22,24-25H,6-7,10,15-18,26-29H2,1-5H3. The minimum atomic E-state index is 0.238. The molecule has 2 aromatic heterocycles. The minimum Gasteiger partial charge on any atom is -0.493 e. The SMILES string of the molecule is Cc1c(COc2cc(OCc3cncc(C#N)c3)c(CN(C)Cc3cc(C)n(C)n3)cc2Cl)cccc1-c1cccc(OCCCN2CCCC2)c1C. The summed E-state index contributed by atoms with van der Waals surface area (Å²) in [4.78, 5) is 8.89. The van der Waals surface area contributed by atoms with Gasteiger partial charge in [0.2, 0.25) is 0 Å². The van der Waals surface area contributed by atoms with Crippen LogP contribution < -0.4 is 14.2 Å². The van der Waals surface area contributed by atoms with Crippen LogP contribution in [0.25, 0.3) is 11.1 Å². The smallest absolute Gasteiger partial charge is 0.142 e. The fraction of sp³-hybridized carbons (Fsp3) is 0.372. The molecule has 3 heterocycles. The van der Waals surface area contributed by atoms with Crippen LogP contribution in [-0.2, 0) is 33.4 Å². The van der Waals surface area contributed by atoms with E-state index in [2.05, 4.69) is 82.3 Å². The molecule has 276 valence electrons. The molecule has 0 saturated carbocycles. The molecule has 5 aromatic rings. The van der Waals surface area contributed by atoms with E-state index in [1.807, 2.05) is 37.8 Å². The van der Waals surface area contributed by atoms with Gasteiger partial charge in [0, 0.05) is 62.0 Å².